The highest BCUT2D eigenvalue weighted by atomic mass is 32.1. The zero-order chi connectivity index (χ0) is 15.1. The number of carbonyl (C=O) groups is 1. The molecule has 0 saturated heterocycles. The van der Waals surface area contributed by atoms with Crippen LogP contribution in [-0.4, -0.2) is 17.6 Å². The minimum absolute atomic E-state index is 0.107. The Bertz CT molecular complexity index is 539. The van der Waals surface area contributed by atoms with E-state index in [1.807, 2.05) is 36.4 Å². The quantitative estimate of drug-likeness (QED) is 0.825. The molecule has 2 unspecified atom stereocenters. The summed E-state index contributed by atoms with van der Waals surface area (Å²) in [5, 5.41) is 15.0. The van der Waals surface area contributed by atoms with Crippen LogP contribution in [0.4, 0.5) is 0 Å². The monoisotopic (exact) mass is 303 g/mol. The summed E-state index contributed by atoms with van der Waals surface area (Å²) >= 11 is 1.74. The zero-order valence-electron chi connectivity index (χ0n) is 12.2. The molecule has 112 valence electrons. The summed E-state index contributed by atoms with van der Waals surface area (Å²) in [5.41, 5.74) is 0.777. The van der Waals surface area contributed by atoms with Crippen molar-refractivity contribution in [3.05, 3.63) is 58.3 Å². The molecule has 1 amide bonds. The molecule has 0 spiro atoms. The largest absolute Gasteiger partial charge is 0.388 e. The first kappa shape index (κ1) is 15.7. The Morgan fingerprint density at radius 1 is 1.24 bits per heavy atom. The van der Waals surface area contributed by atoms with E-state index in [1.165, 1.54) is 4.88 Å². The Morgan fingerprint density at radius 3 is 2.67 bits per heavy atom. The predicted octanol–water partition coefficient (Wildman–Crippen LogP) is 3.17. The number of nitrogens with one attached hydrogen (secondary N) is 1. The maximum Gasteiger partial charge on any atom is 0.222 e. The van der Waals surface area contributed by atoms with Crippen molar-refractivity contribution in [3.8, 4) is 0 Å². The first-order valence-electron chi connectivity index (χ1n) is 7.17. The van der Waals surface area contributed by atoms with E-state index in [1.54, 1.807) is 11.3 Å². The van der Waals surface area contributed by atoms with Crippen molar-refractivity contribution in [2.75, 3.05) is 6.54 Å². The van der Waals surface area contributed by atoms with Crippen LogP contribution in [0.25, 0.3) is 0 Å². The van der Waals surface area contributed by atoms with Gasteiger partial charge in [-0.05, 0) is 29.3 Å². The summed E-state index contributed by atoms with van der Waals surface area (Å²) in [6, 6.07) is 13.4. The van der Waals surface area contributed by atoms with E-state index < -0.39 is 6.10 Å². The summed E-state index contributed by atoms with van der Waals surface area (Å²) in [6.07, 6.45) is 0.341. The SMILES string of the molecule is CC(CNC(=O)CC(O)c1ccccc1)Cc1cccs1. The lowest BCUT2D eigenvalue weighted by Crippen LogP contribution is -2.30. The van der Waals surface area contributed by atoms with Gasteiger partial charge in [-0.3, -0.25) is 4.79 Å². The standard InChI is InChI=1S/C17H21NO2S/c1-13(10-15-8-5-9-21-15)12-18-17(20)11-16(19)14-6-3-2-4-7-14/h2-9,13,16,19H,10-12H2,1H3,(H,18,20). The van der Waals surface area contributed by atoms with Crippen LogP contribution in [0, 0.1) is 5.92 Å². The summed E-state index contributed by atoms with van der Waals surface area (Å²) in [6.45, 7) is 2.76. The van der Waals surface area contributed by atoms with Gasteiger partial charge in [-0.1, -0.05) is 43.3 Å². The highest BCUT2D eigenvalue weighted by Gasteiger charge is 2.13. The molecule has 4 heteroatoms. The summed E-state index contributed by atoms with van der Waals surface area (Å²) in [4.78, 5) is 13.2. The van der Waals surface area contributed by atoms with Crippen LogP contribution in [0.15, 0.2) is 47.8 Å². The van der Waals surface area contributed by atoms with Gasteiger partial charge in [0.25, 0.3) is 0 Å². The lowest BCUT2D eigenvalue weighted by molar-refractivity contribution is -0.123. The molecule has 1 heterocycles. The van der Waals surface area contributed by atoms with Gasteiger partial charge in [0, 0.05) is 11.4 Å². The molecular formula is C17H21NO2S. The van der Waals surface area contributed by atoms with E-state index in [0.717, 1.165) is 12.0 Å². The number of thiophene rings is 1. The smallest absolute Gasteiger partial charge is 0.222 e. The van der Waals surface area contributed by atoms with Crippen molar-refractivity contribution in [3.63, 3.8) is 0 Å². The van der Waals surface area contributed by atoms with E-state index in [0.29, 0.717) is 12.5 Å². The average molecular weight is 303 g/mol. The molecule has 0 bridgehead atoms. The second kappa shape index (κ2) is 7.96. The van der Waals surface area contributed by atoms with Crippen molar-refractivity contribution >= 4 is 17.2 Å². The molecule has 1 aromatic heterocycles. The molecule has 2 atom stereocenters. The van der Waals surface area contributed by atoms with E-state index in [9.17, 15) is 9.90 Å². The predicted molar refractivity (Wildman–Crippen MR) is 86.2 cm³/mol. The third-order valence-electron chi connectivity index (χ3n) is 3.34. The summed E-state index contributed by atoms with van der Waals surface area (Å²) in [5.74, 6) is 0.283. The lowest BCUT2D eigenvalue weighted by Gasteiger charge is -2.14. The highest BCUT2D eigenvalue weighted by Crippen LogP contribution is 2.16. The number of hydrogen-bond acceptors (Lipinski definition) is 3. The maximum absolute atomic E-state index is 11.9. The summed E-state index contributed by atoms with van der Waals surface area (Å²) < 4.78 is 0. The fourth-order valence-corrected chi connectivity index (χ4v) is 3.04. The maximum atomic E-state index is 11.9. The third-order valence-corrected chi connectivity index (χ3v) is 4.24. The van der Waals surface area contributed by atoms with Crippen LogP contribution >= 0.6 is 11.3 Å². The Kier molecular flexibility index (Phi) is 5.96. The fourth-order valence-electron chi connectivity index (χ4n) is 2.17. The van der Waals surface area contributed by atoms with Crippen molar-refractivity contribution in [1.82, 2.24) is 5.32 Å². The van der Waals surface area contributed by atoms with Crippen molar-refractivity contribution in [2.45, 2.75) is 25.9 Å². The van der Waals surface area contributed by atoms with Crippen molar-refractivity contribution in [2.24, 2.45) is 5.92 Å². The second-order valence-electron chi connectivity index (χ2n) is 5.32. The third kappa shape index (κ3) is 5.33. The Balaban J connectivity index is 1.72. The number of amides is 1. The van der Waals surface area contributed by atoms with Crippen LogP contribution in [0.3, 0.4) is 0 Å². The molecule has 0 fully saturated rings. The highest BCUT2D eigenvalue weighted by molar-refractivity contribution is 7.09. The first-order chi connectivity index (χ1) is 10.1. The average Bonchev–Trinajstić information content (AvgIpc) is 2.99. The van der Waals surface area contributed by atoms with Crippen molar-refractivity contribution in [1.29, 1.82) is 0 Å². The van der Waals surface area contributed by atoms with Gasteiger partial charge in [0.05, 0.1) is 12.5 Å². The Labute approximate surface area is 129 Å². The van der Waals surface area contributed by atoms with Gasteiger partial charge in [-0.2, -0.15) is 0 Å². The van der Waals surface area contributed by atoms with Gasteiger partial charge in [0.15, 0.2) is 0 Å². The second-order valence-corrected chi connectivity index (χ2v) is 6.36. The van der Waals surface area contributed by atoms with Crippen LogP contribution in [0.2, 0.25) is 0 Å². The molecule has 2 aromatic rings. The van der Waals surface area contributed by atoms with Gasteiger partial charge < -0.3 is 10.4 Å². The fraction of sp³-hybridized carbons (Fsp3) is 0.353. The lowest BCUT2D eigenvalue weighted by atomic mass is 10.1. The molecule has 2 rings (SSSR count). The van der Waals surface area contributed by atoms with Gasteiger partial charge in [-0.15, -0.1) is 11.3 Å². The number of hydrogen-bond donors (Lipinski definition) is 2. The molecule has 21 heavy (non-hydrogen) atoms. The van der Waals surface area contributed by atoms with Gasteiger partial charge in [0.1, 0.15) is 0 Å². The van der Waals surface area contributed by atoms with Crippen LogP contribution in [0.5, 0.6) is 0 Å². The van der Waals surface area contributed by atoms with E-state index in [-0.39, 0.29) is 12.3 Å². The summed E-state index contributed by atoms with van der Waals surface area (Å²) in [7, 11) is 0. The minimum atomic E-state index is -0.737. The van der Waals surface area contributed by atoms with E-state index >= 15 is 0 Å². The number of aliphatic hydroxyl groups excluding tert-OH is 1. The van der Waals surface area contributed by atoms with Crippen LogP contribution in [-0.2, 0) is 11.2 Å². The van der Waals surface area contributed by atoms with Crippen molar-refractivity contribution < 1.29 is 9.90 Å². The minimum Gasteiger partial charge on any atom is -0.388 e. The molecule has 0 aliphatic heterocycles. The van der Waals surface area contributed by atoms with Crippen LogP contribution in [0.1, 0.15) is 29.9 Å². The molecule has 0 aliphatic carbocycles. The molecular weight excluding hydrogens is 282 g/mol. The first-order valence-corrected chi connectivity index (χ1v) is 8.05. The van der Waals surface area contributed by atoms with Gasteiger partial charge >= 0.3 is 0 Å². The molecule has 0 aliphatic rings. The molecule has 1 aromatic carbocycles. The number of rotatable bonds is 7. The number of carbonyl (C=O) groups excluding carboxylic acids is 1. The Hall–Kier alpha value is -1.65. The zero-order valence-corrected chi connectivity index (χ0v) is 13.0. The molecule has 0 saturated carbocycles. The van der Waals surface area contributed by atoms with Crippen LogP contribution < -0.4 is 5.32 Å². The molecule has 3 nitrogen and oxygen atoms in total. The van der Waals surface area contributed by atoms with E-state index in [2.05, 4.69) is 23.7 Å². The van der Waals surface area contributed by atoms with Gasteiger partial charge in [-0.25, -0.2) is 0 Å². The van der Waals surface area contributed by atoms with E-state index in [4.69, 9.17) is 0 Å². The Morgan fingerprint density at radius 2 is 2.00 bits per heavy atom. The molecule has 0 radical (unpaired) electrons. The van der Waals surface area contributed by atoms with Gasteiger partial charge in [0.2, 0.25) is 5.91 Å². The number of benzene rings is 1. The topological polar surface area (TPSA) is 49.3 Å². The molecule has 2 N–H and O–H groups in total. The normalized spacial score (nSPS) is 13.6. The number of aliphatic hydroxyl groups is 1.